The Morgan fingerprint density at radius 1 is 0.950 bits per heavy atom. The Hall–Kier alpha value is -2.53. The van der Waals surface area contributed by atoms with Crippen molar-refractivity contribution in [2.24, 2.45) is 5.73 Å². The lowest BCUT2D eigenvalue weighted by Gasteiger charge is -2.08. The third kappa shape index (κ3) is 2.19. The molecule has 0 aromatic heterocycles. The van der Waals surface area contributed by atoms with E-state index in [0.29, 0.717) is 11.3 Å². The molecule has 2 N–H and O–H groups in total. The van der Waals surface area contributed by atoms with E-state index in [1.165, 1.54) is 17.5 Å². The summed E-state index contributed by atoms with van der Waals surface area (Å²) in [5.41, 5.74) is 11.9. The first-order chi connectivity index (χ1) is 9.79. The standard InChI is InChI=1S/C18H16N2/c19-12-17(14-5-2-1-3-6-14)18(20)16-10-9-13-7-4-8-15(13)11-16/h1-3,5-6,9-11H,4,7-8,20H2/b18-17-. The largest absolute Gasteiger partial charge is 0.397 e. The van der Waals surface area contributed by atoms with Gasteiger partial charge in [-0.3, -0.25) is 0 Å². The molecule has 3 rings (SSSR count). The van der Waals surface area contributed by atoms with E-state index < -0.39 is 0 Å². The monoisotopic (exact) mass is 260 g/mol. The fraction of sp³-hybridized carbons (Fsp3) is 0.167. The highest BCUT2D eigenvalue weighted by molar-refractivity contribution is 5.96. The number of benzene rings is 2. The molecular formula is C18H16N2. The van der Waals surface area contributed by atoms with E-state index in [1.54, 1.807) is 0 Å². The molecule has 0 radical (unpaired) electrons. The number of aryl methyl sites for hydroxylation is 2. The molecule has 0 spiro atoms. The van der Waals surface area contributed by atoms with Crippen molar-refractivity contribution in [2.75, 3.05) is 0 Å². The van der Waals surface area contributed by atoms with E-state index >= 15 is 0 Å². The van der Waals surface area contributed by atoms with Crippen molar-refractivity contribution in [3.8, 4) is 6.07 Å². The average molecular weight is 260 g/mol. The highest BCUT2D eigenvalue weighted by Crippen LogP contribution is 2.27. The number of rotatable bonds is 2. The van der Waals surface area contributed by atoms with Crippen LogP contribution in [0.25, 0.3) is 11.3 Å². The number of hydrogen-bond donors (Lipinski definition) is 1. The minimum atomic E-state index is 0.545. The number of hydrogen-bond acceptors (Lipinski definition) is 2. The van der Waals surface area contributed by atoms with Gasteiger partial charge in [-0.25, -0.2) is 0 Å². The molecule has 20 heavy (non-hydrogen) atoms. The van der Waals surface area contributed by atoms with E-state index in [4.69, 9.17) is 5.73 Å². The van der Waals surface area contributed by atoms with Gasteiger partial charge in [0.1, 0.15) is 6.07 Å². The molecule has 0 amide bonds. The maximum Gasteiger partial charge on any atom is 0.102 e. The Morgan fingerprint density at radius 3 is 2.45 bits per heavy atom. The van der Waals surface area contributed by atoms with Crippen LogP contribution < -0.4 is 5.73 Å². The summed E-state index contributed by atoms with van der Waals surface area (Å²) in [6.45, 7) is 0. The van der Waals surface area contributed by atoms with Gasteiger partial charge in [-0.1, -0.05) is 42.5 Å². The smallest absolute Gasteiger partial charge is 0.102 e. The Balaban J connectivity index is 2.08. The number of nitrogens with zero attached hydrogens (tertiary/aromatic N) is 1. The Kier molecular flexibility index (Phi) is 3.26. The summed E-state index contributed by atoms with van der Waals surface area (Å²) >= 11 is 0. The quantitative estimate of drug-likeness (QED) is 0.663. The van der Waals surface area contributed by atoms with Crippen molar-refractivity contribution in [1.29, 1.82) is 5.26 Å². The topological polar surface area (TPSA) is 49.8 Å². The molecule has 0 saturated heterocycles. The van der Waals surface area contributed by atoms with Gasteiger partial charge < -0.3 is 5.73 Å². The van der Waals surface area contributed by atoms with Gasteiger partial charge in [-0.05, 0) is 47.6 Å². The molecule has 1 aliphatic carbocycles. The lowest BCUT2D eigenvalue weighted by atomic mass is 9.98. The molecule has 98 valence electrons. The lowest BCUT2D eigenvalue weighted by molar-refractivity contribution is 0.911. The van der Waals surface area contributed by atoms with Crippen molar-refractivity contribution in [3.63, 3.8) is 0 Å². The first-order valence-electron chi connectivity index (χ1n) is 6.87. The third-order valence-corrected chi connectivity index (χ3v) is 3.85. The van der Waals surface area contributed by atoms with Crippen LogP contribution in [0.2, 0.25) is 0 Å². The molecular weight excluding hydrogens is 244 g/mol. The maximum absolute atomic E-state index is 9.42. The minimum absolute atomic E-state index is 0.545. The second-order valence-electron chi connectivity index (χ2n) is 5.10. The van der Waals surface area contributed by atoms with Crippen LogP contribution in [0.1, 0.15) is 28.7 Å². The Labute approximate surface area is 119 Å². The molecule has 2 heteroatoms. The van der Waals surface area contributed by atoms with Crippen LogP contribution in [0.5, 0.6) is 0 Å². The van der Waals surface area contributed by atoms with Crippen LogP contribution in [-0.4, -0.2) is 0 Å². The van der Waals surface area contributed by atoms with Gasteiger partial charge in [0.05, 0.1) is 11.3 Å². The zero-order valence-corrected chi connectivity index (χ0v) is 11.3. The van der Waals surface area contributed by atoms with Crippen molar-refractivity contribution in [2.45, 2.75) is 19.3 Å². The van der Waals surface area contributed by atoms with Crippen LogP contribution in [0.15, 0.2) is 48.5 Å². The summed E-state index contributed by atoms with van der Waals surface area (Å²) in [7, 11) is 0. The second-order valence-corrected chi connectivity index (χ2v) is 5.10. The molecule has 0 bridgehead atoms. The average Bonchev–Trinajstić information content (AvgIpc) is 2.96. The normalized spacial score (nSPS) is 14.3. The predicted molar refractivity (Wildman–Crippen MR) is 81.5 cm³/mol. The van der Waals surface area contributed by atoms with Crippen LogP contribution >= 0.6 is 0 Å². The van der Waals surface area contributed by atoms with Gasteiger partial charge >= 0.3 is 0 Å². The summed E-state index contributed by atoms with van der Waals surface area (Å²) < 4.78 is 0. The van der Waals surface area contributed by atoms with E-state index in [9.17, 15) is 5.26 Å². The van der Waals surface area contributed by atoms with Gasteiger partial charge in [0.25, 0.3) is 0 Å². The van der Waals surface area contributed by atoms with Gasteiger partial charge in [0, 0.05) is 0 Å². The highest BCUT2D eigenvalue weighted by atomic mass is 14.6. The highest BCUT2D eigenvalue weighted by Gasteiger charge is 2.13. The maximum atomic E-state index is 9.42. The van der Waals surface area contributed by atoms with Crippen LogP contribution in [-0.2, 0) is 12.8 Å². The molecule has 0 saturated carbocycles. The van der Waals surface area contributed by atoms with E-state index in [-0.39, 0.29) is 0 Å². The number of fused-ring (bicyclic) bond motifs is 1. The number of nitrogens with two attached hydrogens (primary N) is 1. The zero-order valence-electron chi connectivity index (χ0n) is 11.3. The molecule has 2 nitrogen and oxygen atoms in total. The number of nitriles is 1. The van der Waals surface area contributed by atoms with Crippen LogP contribution in [0, 0.1) is 11.3 Å². The minimum Gasteiger partial charge on any atom is -0.397 e. The summed E-state index contributed by atoms with van der Waals surface area (Å²) in [5.74, 6) is 0. The second kappa shape index (κ2) is 5.22. The molecule has 0 aliphatic heterocycles. The van der Waals surface area contributed by atoms with Crippen LogP contribution in [0.3, 0.4) is 0 Å². The molecule has 0 atom stereocenters. The fourth-order valence-electron chi connectivity index (χ4n) is 2.77. The molecule has 0 heterocycles. The van der Waals surface area contributed by atoms with Gasteiger partial charge in [0.2, 0.25) is 0 Å². The van der Waals surface area contributed by atoms with Gasteiger partial charge in [-0.2, -0.15) is 5.26 Å². The third-order valence-electron chi connectivity index (χ3n) is 3.85. The van der Waals surface area contributed by atoms with E-state index in [2.05, 4.69) is 18.2 Å². The number of allylic oxidation sites excluding steroid dienone is 1. The lowest BCUT2D eigenvalue weighted by Crippen LogP contribution is -2.01. The molecule has 0 fully saturated rings. The van der Waals surface area contributed by atoms with E-state index in [1.807, 2.05) is 36.4 Å². The van der Waals surface area contributed by atoms with Crippen LogP contribution in [0.4, 0.5) is 0 Å². The van der Waals surface area contributed by atoms with Crippen molar-refractivity contribution >= 4 is 11.3 Å². The fourth-order valence-corrected chi connectivity index (χ4v) is 2.77. The van der Waals surface area contributed by atoms with Crippen molar-refractivity contribution < 1.29 is 0 Å². The Bertz CT molecular complexity index is 706. The summed E-state index contributed by atoms with van der Waals surface area (Å²) in [6.07, 6.45) is 3.49. The first-order valence-corrected chi connectivity index (χ1v) is 6.87. The van der Waals surface area contributed by atoms with Crippen molar-refractivity contribution in [1.82, 2.24) is 0 Å². The molecule has 1 aliphatic rings. The summed E-state index contributed by atoms with van der Waals surface area (Å²) in [6, 6.07) is 18.2. The SMILES string of the molecule is N#C/C(=C(/N)c1ccc2c(c1)CCC2)c1ccccc1. The van der Waals surface area contributed by atoms with Crippen molar-refractivity contribution in [3.05, 3.63) is 70.8 Å². The van der Waals surface area contributed by atoms with Gasteiger partial charge in [-0.15, -0.1) is 0 Å². The summed E-state index contributed by atoms with van der Waals surface area (Å²) in [5, 5.41) is 9.42. The van der Waals surface area contributed by atoms with E-state index in [0.717, 1.165) is 24.0 Å². The summed E-state index contributed by atoms with van der Waals surface area (Å²) in [4.78, 5) is 0. The molecule has 2 aromatic carbocycles. The Morgan fingerprint density at radius 2 is 1.70 bits per heavy atom. The van der Waals surface area contributed by atoms with Gasteiger partial charge in [0.15, 0.2) is 0 Å². The zero-order chi connectivity index (χ0) is 13.9. The molecule has 0 unspecified atom stereocenters. The molecule has 2 aromatic rings. The predicted octanol–water partition coefficient (Wildman–Crippen LogP) is 3.53. The first kappa shape index (κ1) is 12.5.